The Morgan fingerprint density at radius 2 is 2.06 bits per heavy atom. The molecule has 2 rings (SSSR count). The van der Waals surface area contributed by atoms with Crippen LogP contribution in [0.25, 0.3) is 0 Å². The van der Waals surface area contributed by atoms with Crippen molar-refractivity contribution in [1.82, 2.24) is 4.90 Å². The Balaban J connectivity index is 1.89. The molecule has 1 aliphatic heterocycles. The zero-order valence-corrected chi connectivity index (χ0v) is 9.99. The number of rotatable bonds is 4. The minimum absolute atomic E-state index is 0.450. The van der Waals surface area contributed by atoms with E-state index >= 15 is 0 Å². The van der Waals surface area contributed by atoms with Crippen LogP contribution < -0.4 is 5.73 Å². The SMILES string of the molecule is Nc1cc(CF)ccc1CCN1CCOCC1. The molecule has 0 bridgehead atoms. The molecule has 0 amide bonds. The minimum Gasteiger partial charge on any atom is -0.398 e. The second kappa shape index (κ2) is 5.98. The highest BCUT2D eigenvalue weighted by atomic mass is 19.1. The molecule has 3 nitrogen and oxygen atoms in total. The summed E-state index contributed by atoms with van der Waals surface area (Å²) >= 11 is 0. The van der Waals surface area contributed by atoms with Gasteiger partial charge >= 0.3 is 0 Å². The van der Waals surface area contributed by atoms with Crippen molar-refractivity contribution in [2.24, 2.45) is 0 Å². The third-order valence-corrected chi connectivity index (χ3v) is 3.17. The van der Waals surface area contributed by atoms with E-state index < -0.39 is 6.67 Å². The number of nitrogens with two attached hydrogens (primary N) is 1. The predicted octanol–water partition coefficient (Wildman–Crippen LogP) is 1.61. The van der Waals surface area contributed by atoms with Crippen molar-refractivity contribution in [1.29, 1.82) is 0 Å². The lowest BCUT2D eigenvalue weighted by Crippen LogP contribution is -2.37. The quantitative estimate of drug-likeness (QED) is 0.810. The summed E-state index contributed by atoms with van der Waals surface area (Å²) in [5.41, 5.74) is 8.36. The average molecular weight is 238 g/mol. The Kier molecular flexibility index (Phi) is 4.34. The first-order chi connectivity index (χ1) is 8.29. The summed E-state index contributed by atoms with van der Waals surface area (Å²) in [5, 5.41) is 0. The minimum atomic E-state index is -0.450. The molecule has 1 fully saturated rings. The number of hydrogen-bond acceptors (Lipinski definition) is 3. The van der Waals surface area contributed by atoms with E-state index in [-0.39, 0.29) is 0 Å². The van der Waals surface area contributed by atoms with Gasteiger partial charge < -0.3 is 10.5 Å². The molecule has 17 heavy (non-hydrogen) atoms. The first-order valence-corrected chi connectivity index (χ1v) is 6.03. The molecule has 0 saturated carbocycles. The van der Waals surface area contributed by atoms with Gasteiger partial charge in [-0.1, -0.05) is 12.1 Å². The lowest BCUT2D eigenvalue weighted by atomic mass is 10.1. The highest BCUT2D eigenvalue weighted by Gasteiger charge is 2.10. The highest BCUT2D eigenvalue weighted by Crippen LogP contribution is 2.16. The molecule has 0 radical (unpaired) electrons. The lowest BCUT2D eigenvalue weighted by molar-refractivity contribution is 0.0384. The summed E-state index contributed by atoms with van der Waals surface area (Å²) < 4.78 is 17.7. The van der Waals surface area contributed by atoms with E-state index in [2.05, 4.69) is 4.90 Å². The molecule has 0 spiro atoms. The standard InChI is InChI=1S/C13H19FN2O/c14-10-11-1-2-12(13(15)9-11)3-4-16-5-7-17-8-6-16/h1-2,9H,3-8,10,15H2. The van der Waals surface area contributed by atoms with Crippen LogP contribution in [0.15, 0.2) is 18.2 Å². The molecule has 0 unspecified atom stereocenters. The van der Waals surface area contributed by atoms with E-state index in [4.69, 9.17) is 10.5 Å². The van der Waals surface area contributed by atoms with Crippen molar-refractivity contribution in [2.45, 2.75) is 13.1 Å². The summed E-state index contributed by atoms with van der Waals surface area (Å²) in [5.74, 6) is 0. The number of halogens is 1. The Hall–Kier alpha value is -1.13. The Bertz CT molecular complexity index is 364. The number of ether oxygens (including phenoxy) is 1. The molecule has 1 aromatic rings. The van der Waals surface area contributed by atoms with Gasteiger partial charge in [0.05, 0.1) is 13.2 Å². The summed E-state index contributed by atoms with van der Waals surface area (Å²) in [7, 11) is 0. The van der Waals surface area contributed by atoms with Crippen LogP contribution in [0, 0.1) is 0 Å². The van der Waals surface area contributed by atoms with Crippen LogP contribution in [0.5, 0.6) is 0 Å². The third-order valence-electron chi connectivity index (χ3n) is 3.17. The monoisotopic (exact) mass is 238 g/mol. The van der Waals surface area contributed by atoms with E-state index in [0.717, 1.165) is 44.8 Å². The molecule has 2 N–H and O–H groups in total. The van der Waals surface area contributed by atoms with E-state index in [1.54, 1.807) is 6.07 Å². The number of hydrogen-bond donors (Lipinski definition) is 1. The first kappa shape index (κ1) is 12.3. The summed E-state index contributed by atoms with van der Waals surface area (Å²) in [6.45, 7) is 4.15. The fourth-order valence-corrected chi connectivity index (χ4v) is 2.06. The fourth-order valence-electron chi connectivity index (χ4n) is 2.06. The van der Waals surface area contributed by atoms with Gasteiger partial charge in [0.25, 0.3) is 0 Å². The normalized spacial score (nSPS) is 17.2. The Morgan fingerprint density at radius 3 is 2.71 bits per heavy atom. The summed E-state index contributed by atoms with van der Waals surface area (Å²) in [6, 6.07) is 5.48. The van der Waals surface area contributed by atoms with Crippen LogP contribution in [-0.4, -0.2) is 37.7 Å². The van der Waals surface area contributed by atoms with E-state index in [0.29, 0.717) is 11.3 Å². The second-order valence-electron chi connectivity index (χ2n) is 4.37. The highest BCUT2D eigenvalue weighted by molar-refractivity contribution is 5.49. The number of nitrogens with zero attached hydrogens (tertiary/aromatic N) is 1. The van der Waals surface area contributed by atoms with Crippen molar-refractivity contribution in [3.05, 3.63) is 29.3 Å². The van der Waals surface area contributed by atoms with E-state index in [1.807, 2.05) is 12.1 Å². The maximum absolute atomic E-state index is 12.4. The molecule has 1 aromatic carbocycles. The lowest BCUT2D eigenvalue weighted by Gasteiger charge is -2.26. The molecule has 0 aromatic heterocycles. The largest absolute Gasteiger partial charge is 0.398 e. The smallest absolute Gasteiger partial charge is 0.115 e. The fraction of sp³-hybridized carbons (Fsp3) is 0.538. The van der Waals surface area contributed by atoms with Gasteiger partial charge in [-0.3, -0.25) is 4.90 Å². The predicted molar refractivity (Wildman–Crippen MR) is 66.6 cm³/mol. The van der Waals surface area contributed by atoms with Crippen LogP contribution in [0.1, 0.15) is 11.1 Å². The molecular formula is C13H19FN2O. The van der Waals surface area contributed by atoms with E-state index in [1.165, 1.54) is 0 Å². The van der Waals surface area contributed by atoms with Gasteiger partial charge in [-0.15, -0.1) is 0 Å². The summed E-state index contributed by atoms with van der Waals surface area (Å²) in [4.78, 5) is 2.37. The van der Waals surface area contributed by atoms with Crippen molar-refractivity contribution in [2.75, 3.05) is 38.6 Å². The topological polar surface area (TPSA) is 38.5 Å². The number of alkyl halides is 1. The molecular weight excluding hydrogens is 219 g/mol. The van der Waals surface area contributed by atoms with Crippen LogP contribution in [0.2, 0.25) is 0 Å². The van der Waals surface area contributed by atoms with Crippen molar-refractivity contribution < 1.29 is 9.13 Å². The molecule has 0 atom stereocenters. The number of benzene rings is 1. The molecule has 4 heteroatoms. The van der Waals surface area contributed by atoms with Crippen molar-refractivity contribution >= 4 is 5.69 Å². The molecule has 94 valence electrons. The maximum atomic E-state index is 12.4. The Morgan fingerprint density at radius 1 is 1.29 bits per heavy atom. The van der Waals surface area contributed by atoms with Gasteiger partial charge in [0, 0.05) is 25.3 Å². The number of morpholine rings is 1. The van der Waals surface area contributed by atoms with Gasteiger partial charge in [-0.2, -0.15) is 0 Å². The first-order valence-electron chi connectivity index (χ1n) is 6.03. The molecule has 0 aliphatic carbocycles. The van der Waals surface area contributed by atoms with E-state index in [9.17, 15) is 4.39 Å². The third kappa shape index (κ3) is 3.41. The van der Waals surface area contributed by atoms with Gasteiger partial charge in [0.1, 0.15) is 6.67 Å². The zero-order chi connectivity index (χ0) is 12.1. The number of anilines is 1. The molecule has 1 aliphatic rings. The Labute approximate surface area is 101 Å². The second-order valence-corrected chi connectivity index (χ2v) is 4.37. The van der Waals surface area contributed by atoms with Crippen molar-refractivity contribution in [3.8, 4) is 0 Å². The average Bonchev–Trinajstić information content (AvgIpc) is 2.38. The van der Waals surface area contributed by atoms with Crippen molar-refractivity contribution in [3.63, 3.8) is 0 Å². The molecule has 1 saturated heterocycles. The summed E-state index contributed by atoms with van der Waals surface area (Å²) in [6.07, 6.45) is 0.915. The maximum Gasteiger partial charge on any atom is 0.115 e. The zero-order valence-electron chi connectivity index (χ0n) is 9.99. The van der Waals surface area contributed by atoms with Crippen LogP contribution in [-0.2, 0) is 17.8 Å². The van der Waals surface area contributed by atoms with Gasteiger partial charge in [-0.05, 0) is 23.6 Å². The molecule has 1 heterocycles. The van der Waals surface area contributed by atoms with Crippen LogP contribution in [0.3, 0.4) is 0 Å². The van der Waals surface area contributed by atoms with Crippen LogP contribution in [0.4, 0.5) is 10.1 Å². The van der Waals surface area contributed by atoms with Gasteiger partial charge in [-0.25, -0.2) is 4.39 Å². The van der Waals surface area contributed by atoms with Gasteiger partial charge in [0.15, 0.2) is 0 Å². The van der Waals surface area contributed by atoms with Crippen LogP contribution >= 0.6 is 0 Å². The number of nitrogen functional groups attached to an aromatic ring is 1. The van der Waals surface area contributed by atoms with Gasteiger partial charge in [0.2, 0.25) is 0 Å².